The number of carbonyl (C=O) groups is 1. The molecule has 8 nitrogen and oxygen atoms in total. The molecule has 0 heterocycles. The molecule has 0 aromatic heterocycles. The van der Waals surface area contributed by atoms with Crippen molar-refractivity contribution in [3.05, 3.63) is 58.6 Å². The number of nitrogens with zero attached hydrogens (tertiary/aromatic N) is 2. The number of anilines is 2. The standard InChI is InChI=1S/C19H23N3O5/c1-3-16(23)12-21(14-7-5-4-6-8-14)13-19(24)20-17-10-9-15(22(25)26)11-18(17)27-2/h4-11,16,23H,3,12-13H2,1-2H3,(H,20,24). The molecule has 0 fully saturated rings. The molecule has 0 bridgehead atoms. The molecule has 144 valence electrons. The van der Waals surface area contributed by atoms with Gasteiger partial charge in [-0.3, -0.25) is 14.9 Å². The summed E-state index contributed by atoms with van der Waals surface area (Å²) in [4.78, 5) is 24.6. The zero-order valence-electron chi connectivity index (χ0n) is 15.3. The molecule has 8 heteroatoms. The van der Waals surface area contributed by atoms with Gasteiger partial charge in [0.1, 0.15) is 5.75 Å². The van der Waals surface area contributed by atoms with Crippen LogP contribution in [0.4, 0.5) is 17.1 Å². The van der Waals surface area contributed by atoms with E-state index in [-0.39, 0.29) is 23.9 Å². The molecule has 2 aromatic carbocycles. The molecule has 27 heavy (non-hydrogen) atoms. The monoisotopic (exact) mass is 373 g/mol. The average molecular weight is 373 g/mol. The lowest BCUT2D eigenvalue weighted by Crippen LogP contribution is -2.38. The Morgan fingerprint density at radius 3 is 2.59 bits per heavy atom. The lowest BCUT2D eigenvalue weighted by Gasteiger charge is -2.26. The smallest absolute Gasteiger partial charge is 0.273 e. The van der Waals surface area contributed by atoms with Crippen molar-refractivity contribution in [2.75, 3.05) is 30.4 Å². The van der Waals surface area contributed by atoms with Gasteiger partial charge in [-0.2, -0.15) is 0 Å². The molecule has 0 radical (unpaired) electrons. The summed E-state index contributed by atoms with van der Waals surface area (Å²) in [6, 6.07) is 13.3. The highest BCUT2D eigenvalue weighted by Crippen LogP contribution is 2.29. The zero-order valence-corrected chi connectivity index (χ0v) is 15.3. The van der Waals surface area contributed by atoms with Crippen molar-refractivity contribution in [2.45, 2.75) is 19.4 Å². The Hall–Kier alpha value is -3.13. The summed E-state index contributed by atoms with van der Waals surface area (Å²) in [5.74, 6) is -0.119. The molecule has 2 N–H and O–H groups in total. The van der Waals surface area contributed by atoms with Gasteiger partial charge in [0.05, 0.1) is 36.4 Å². The van der Waals surface area contributed by atoms with Crippen LogP contribution in [-0.2, 0) is 4.79 Å². The summed E-state index contributed by atoms with van der Waals surface area (Å²) < 4.78 is 5.14. The summed E-state index contributed by atoms with van der Waals surface area (Å²) in [5, 5.41) is 23.6. The molecule has 0 aliphatic rings. The molecule has 0 saturated heterocycles. The molecular weight excluding hydrogens is 350 g/mol. The first-order valence-corrected chi connectivity index (χ1v) is 8.55. The Kier molecular flexibility index (Phi) is 7.13. The Labute approximate surface area is 157 Å². The first-order chi connectivity index (χ1) is 12.9. The number of nitro benzene ring substituents is 1. The molecule has 0 aliphatic carbocycles. The van der Waals surface area contributed by atoms with E-state index >= 15 is 0 Å². The van der Waals surface area contributed by atoms with Crippen LogP contribution in [0.5, 0.6) is 5.75 Å². The minimum atomic E-state index is -0.563. The SMILES string of the molecule is CCC(O)CN(CC(=O)Nc1ccc([N+](=O)[O-])cc1OC)c1ccccc1. The minimum absolute atomic E-state index is 0.0151. The number of nitro groups is 1. The van der Waals surface area contributed by atoms with E-state index in [2.05, 4.69) is 5.32 Å². The number of amides is 1. The quantitative estimate of drug-likeness (QED) is 0.517. The summed E-state index contributed by atoms with van der Waals surface area (Å²) in [6.45, 7) is 2.20. The Balaban J connectivity index is 2.14. The molecule has 2 aromatic rings. The second-order valence-corrected chi connectivity index (χ2v) is 5.97. The molecule has 0 saturated carbocycles. The number of ether oxygens (including phenoxy) is 1. The number of aliphatic hydroxyl groups excluding tert-OH is 1. The number of hydrogen-bond acceptors (Lipinski definition) is 6. The number of aliphatic hydroxyl groups is 1. The summed E-state index contributed by atoms with van der Waals surface area (Å²) in [6.07, 6.45) is 0.00752. The van der Waals surface area contributed by atoms with Gasteiger partial charge in [0, 0.05) is 18.3 Å². The van der Waals surface area contributed by atoms with Crippen LogP contribution in [0, 0.1) is 10.1 Å². The maximum Gasteiger partial charge on any atom is 0.273 e. The molecule has 0 aliphatic heterocycles. The highest BCUT2D eigenvalue weighted by Gasteiger charge is 2.17. The van der Waals surface area contributed by atoms with E-state index in [0.29, 0.717) is 18.7 Å². The van der Waals surface area contributed by atoms with Gasteiger partial charge < -0.3 is 20.1 Å². The molecule has 1 amide bonds. The molecular formula is C19H23N3O5. The van der Waals surface area contributed by atoms with Gasteiger partial charge in [0.25, 0.3) is 5.69 Å². The highest BCUT2D eigenvalue weighted by atomic mass is 16.6. The fraction of sp³-hybridized carbons (Fsp3) is 0.316. The maximum absolute atomic E-state index is 12.5. The Bertz CT molecular complexity index is 782. The normalized spacial score (nSPS) is 11.5. The zero-order chi connectivity index (χ0) is 19.8. The van der Waals surface area contributed by atoms with Gasteiger partial charge in [-0.15, -0.1) is 0 Å². The van der Waals surface area contributed by atoms with E-state index in [0.717, 1.165) is 5.69 Å². The van der Waals surface area contributed by atoms with Crippen LogP contribution in [0.25, 0.3) is 0 Å². The summed E-state index contributed by atoms with van der Waals surface area (Å²) in [7, 11) is 1.38. The van der Waals surface area contributed by atoms with E-state index in [1.54, 1.807) is 4.90 Å². The number of hydrogen-bond donors (Lipinski definition) is 2. The second kappa shape index (κ2) is 9.54. The van der Waals surface area contributed by atoms with Gasteiger partial charge in [0.2, 0.25) is 5.91 Å². The van der Waals surface area contributed by atoms with Crippen molar-refractivity contribution in [3.8, 4) is 5.75 Å². The van der Waals surface area contributed by atoms with Crippen molar-refractivity contribution >= 4 is 23.0 Å². The number of methoxy groups -OCH3 is 1. The minimum Gasteiger partial charge on any atom is -0.494 e. The number of rotatable bonds is 9. The van der Waals surface area contributed by atoms with Crippen LogP contribution in [-0.4, -0.2) is 42.2 Å². The number of nitrogens with one attached hydrogen (secondary N) is 1. The van der Waals surface area contributed by atoms with E-state index in [4.69, 9.17) is 4.74 Å². The lowest BCUT2D eigenvalue weighted by atomic mass is 10.2. The first-order valence-electron chi connectivity index (χ1n) is 8.55. The topological polar surface area (TPSA) is 105 Å². The van der Waals surface area contributed by atoms with Crippen molar-refractivity contribution in [1.29, 1.82) is 0 Å². The fourth-order valence-electron chi connectivity index (χ4n) is 2.54. The van der Waals surface area contributed by atoms with E-state index in [1.807, 2.05) is 37.3 Å². The number of carbonyl (C=O) groups excluding carboxylic acids is 1. The molecule has 1 unspecified atom stereocenters. The van der Waals surface area contributed by atoms with Crippen molar-refractivity contribution in [1.82, 2.24) is 0 Å². The van der Waals surface area contributed by atoms with Crippen LogP contribution in [0.15, 0.2) is 48.5 Å². The van der Waals surface area contributed by atoms with Crippen LogP contribution in [0.1, 0.15) is 13.3 Å². The van der Waals surface area contributed by atoms with Crippen LogP contribution >= 0.6 is 0 Å². The summed E-state index contributed by atoms with van der Waals surface area (Å²) in [5.41, 5.74) is 1.04. The van der Waals surface area contributed by atoms with Gasteiger partial charge in [-0.1, -0.05) is 25.1 Å². The Morgan fingerprint density at radius 2 is 2.00 bits per heavy atom. The Morgan fingerprint density at radius 1 is 1.30 bits per heavy atom. The largest absolute Gasteiger partial charge is 0.494 e. The van der Waals surface area contributed by atoms with Gasteiger partial charge in [-0.05, 0) is 24.6 Å². The molecule has 2 rings (SSSR count). The summed E-state index contributed by atoms with van der Waals surface area (Å²) >= 11 is 0. The highest BCUT2D eigenvalue weighted by molar-refractivity contribution is 5.95. The second-order valence-electron chi connectivity index (χ2n) is 5.97. The van der Waals surface area contributed by atoms with Crippen LogP contribution < -0.4 is 15.0 Å². The first kappa shape index (κ1) is 20.2. The number of para-hydroxylation sites is 1. The predicted molar refractivity (Wildman–Crippen MR) is 103 cm³/mol. The van der Waals surface area contributed by atoms with Crippen LogP contribution in [0.3, 0.4) is 0 Å². The maximum atomic E-state index is 12.5. The van der Waals surface area contributed by atoms with Crippen LogP contribution in [0.2, 0.25) is 0 Å². The fourth-order valence-corrected chi connectivity index (χ4v) is 2.54. The van der Waals surface area contributed by atoms with E-state index in [9.17, 15) is 20.0 Å². The van der Waals surface area contributed by atoms with E-state index in [1.165, 1.54) is 25.3 Å². The third-order valence-corrected chi connectivity index (χ3v) is 4.03. The number of non-ortho nitro benzene ring substituents is 1. The van der Waals surface area contributed by atoms with Gasteiger partial charge in [-0.25, -0.2) is 0 Å². The molecule has 1 atom stereocenters. The van der Waals surface area contributed by atoms with Gasteiger partial charge >= 0.3 is 0 Å². The van der Waals surface area contributed by atoms with Crippen molar-refractivity contribution in [2.24, 2.45) is 0 Å². The third-order valence-electron chi connectivity index (χ3n) is 4.03. The molecule has 0 spiro atoms. The number of benzene rings is 2. The van der Waals surface area contributed by atoms with E-state index < -0.39 is 11.0 Å². The third kappa shape index (κ3) is 5.68. The predicted octanol–water partition coefficient (Wildman–Crippen LogP) is 2.82. The average Bonchev–Trinajstić information content (AvgIpc) is 2.68. The van der Waals surface area contributed by atoms with Crippen molar-refractivity contribution < 1.29 is 19.6 Å². The van der Waals surface area contributed by atoms with Crippen molar-refractivity contribution in [3.63, 3.8) is 0 Å². The van der Waals surface area contributed by atoms with Gasteiger partial charge in [0.15, 0.2) is 0 Å². The lowest BCUT2D eigenvalue weighted by molar-refractivity contribution is -0.384.